The third kappa shape index (κ3) is 4.38. The van der Waals surface area contributed by atoms with Crippen LogP contribution in [-0.4, -0.2) is 27.0 Å². The third-order valence-electron chi connectivity index (χ3n) is 3.42. The number of halogens is 3. The molecule has 134 valence electrons. The van der Waals surface area contributed by atoms with E-state index in [0.29, 0.717) is 11.5 Å². The Morgan fingerprint density at radius 2 is 1.73 bits per heavy atom. The first-order valence-corrected chi connectivity index (χ1v) is 7.46. The number of alkyl halides is 3. The number of carbonyl (C=O) groups excluding carboxylic acids is 1. The van der Waals surface area contributed by atoms with Gasteiger partial charge in [-0.1, -0.05) is 24.3 Å². The van der Waals surface area contributed by atoms with Gasteiger partial charge >= 0.3 is 6.36 Å². The van der Waals surface area contributed by atoms with Gasteiger partial charge in [0.2, 0.25) is 5.91 Å². The number of amides is 1. The van der Waals surface area contributed by atoms with E-state index in [-0.39, 0.29) is 12.2 Å². The summed E-state index contributed by atoms with van der Waals surface area (Å²) in [6, 6.07) is 12.3. The van der Waals surface area contributed by atoms with E-state index in [2.05, 4.69) is 14.8 Å². The van der Waals surface area contributed by atoms with Crippen LogP contribution < -0.4 is 10.5 Å². The van der Waals surface area contributed by atoms with Crippen LogP contribution in [0.25, 0.3) is 17.1 Å². The Hall–Kier alpha value is -3.36. The molecule has 0 unspecified atom stereocenters. The van der Waals surface area contributed by atoms with Gasteiger partial charge in [0.15, 0.2) is 5.82 Å². The molecular formula is C17H13F3N4O2. The third-order valence-corrected chi connectivity index (χ3v) is 3.42. The highest BCUT2D eigenvalue weighted by Gasteiger charge is 2.30. The quantitative estimate of drug-likeness (QED) is 0.757. The molecule has 1 heterocycles. The Morgan fingerprint density at radius 1 is 1.08 bits per heavy atom. The van der Waals surface area contributed by atoms with Gasteiger partial charge in [-0.05, 0) is 29.8 Å². The molecule has 0 fully saturated rings. The Kier molecular flexibility index (Phi) is 4.61. The van der Waals surface area contributed by atoms with E-state index >= 15 is 0 Å². The van der Waals surface area contributed by atoms with Crippen LogP contribution in [0.3, 0.4) is 0 Å². The number of benzene rings is 2. The maximum Gasteiger partial charge on any atom is 0.573 e. The Balaban J connectivity index is 1.76. The van der Waals surface area contributed by atoms with E-state index in [1.807, 2.05) is 0 Å². The van der Waals surface area contributed by atoms with Gasteiger partial charge in [-0.2, -0.15) is 0 Å². The molecule has 6 nitrogen and oxygen atoms in total. The van der Waals surface area contributed by atoms with Crippen molar-refractivity contribution >= 4 is 5.91 Å². The lowest BCUT2D eigenvalue weighted by Gasteiger charge is -2.09. The molecule has 3 rings (SSSR count). The van der Waals surface area contributed by atoms with Gasteiger partial charge in [-0.3, -0.25) is 4.79 Å². The number of ether oxygens (including phenoxy) is 1. The predicted molar refractivity (Wildman–Crippen MR) is 86.4 cm³/mol. The van der Waals surface area contributed by atoms with Crippen molar-refractivity contribution in [2.75, 3.05) is 0 Å². The number of carbonyl (C=O) groups is 1. The molecule has 2 aromatic carbocycles. The molecule has 0 atom stereocenters. The van der Waals surface area contributed by atoms with Crippen molar-refractivity contribution in [3.8, 4) is 22.8 Å². The van der Waals surface area contributed by atoms with Crippen LogP contribution in [0.5, 0.6) is 5.75 Å². The van der Waals surface area contributed by atoms with Crippen molar-refractivity contribution < 1.29 is 22.7 Å². The highest BCUT2D eigenvalue weighted by atomic mass is 19.4. The van der Waals surface area contributed by atoms with Crippen LogP contribution in [0, 0.1) is 0 Å². The maximum absolute atomic E-state index is 12.2. The van der Waals surface area contributed by atoms with Gasteiger partial charge in [0.05, 0.1) is 12.1 Å². The van der Waals surface area contributed by atoms with Gasteiger partial charge in [-0.25, -0.2) is 9.67 Å². The van der Waals surface area contributed by atoms with E-state index in [9.17, 15) is 18.0 Å². The van der Waals surface area contributed by atoms with E-state index in [1.54, 1.807) is 24.3 Å². The average Bonchev–Trinajstić information content (AvgIpc) is 3.04. The fourth-order valence-electron chi connectivity index (χ4n) is 2.29. The van der Waals surface area contributed by atoms with E-state index in [1.165, 1.54) is 35.3 Å². The molecule has 2 N–H and O–H groups in total. The highest BCUT2D eigenvalue weighted by molar-refractivity contribution is 5.76. The summed E-state index contributed by atoms with van der Waals surface area (Å²) >= 11 is 0. The second kappa shape index (κ2) is 6.87. The van der Waals surface area contributed by atoms with Crippen LogP contribution in [-0.2, 0) is 11.2 Å². The number of nitrogens with two attached hydrogens (primary N) is 1. The van der Waals surface area contributed by atoms with E-state index in [0.717, 1.165) is 11.1 Å². The Labute approximate surface area is 146 Å². The molecule has 9 heteroatoms. The molecular weight excluding hydrogens is 349 g/mol. The molecule has 0 aliphatic rings. The van der Waals surface area contributed by atoms with Gasteiger partial charge in [0, 0.05) is 5.56 Å². The van der Waals surface area contributed by atoms with Crippen molar-refractivity contribution in [3.63, 3.8) is 0 Å². The fraction of sp³-hybridized carbons (Fsp3) is 0.118. The van der Waals surface area contributed by atoms with Crippen LogP contribution >= 0.6 is 0 Å². The van der Waals surface area contributed by atoms with Crippen molar-refractivity contribution in [3.05, 3.63) is 60.4 Å². The summed E-state index contributed by atoms with van der Waals surface area (Å²) in [6.07, 6.45) is -3.14. The Morgan fingerprint density at radius 3 is 2.31 bits per heavy atom. The largest absolute Gasteiger partial charge is 0.573 e. The van der Waals surface area contributed by atoms with Gasteiger partial charge in [-0.15, -0.1) is 18.3 Å². The van der Waals surface area contributed by atoms with Crippen LogP contribution in [0.2, 0.25) is 0 Å². The smallest absolute Gasteiger partial charge is 0.406 e. The minimum absolute atomic E-state index is 0.147. The van der Waals surface area contributed by atoms with Crippen molar-refractivity contribution in [1.82, 2.24) is 14.8 Å². The lowest BCUT2D eigenvalue weighted by Crippen LogP contribution is -2.17. The van der Waals surface area contributed by atoms with E-state index in [4.69, 9.17) is 5.73 Å². The number of nitrogens with zero attached hydrogens (tertiary/aromatic N) is 3. The first-order chi connectivity index (χ1) is 12.3. The molecule has 0 bridgehead atoms. The molecule has 0 saturated heterocycles. The van der Waals surface area contributed by atoms with Gasteiger partial charge in [0.25, 0.3) is 0 Å². The standard InChI is InChI=1S/C17H13F3N4O2/c18-17(19,20)26-14-7-5-13(6-8-14)24-10-22-16(23-24)12-3-1-11(2-4-12)9-15(21)25/h1-8,10H,9H2,(H2,21,25). The zero-order valence-electron chi connectivity index (χ0n) is 13.3. The maximum atomic E-state index is 12.2. The lowest BCUT2D eigenvalue weighted by molar-refractivity contribution is -0.274. The molecule has 1 aromatic heterocycles. The molecule has 3 aromatic rings. The minimum atomic E-state index is -4.73. The lowest BCUT2D eigenvalue weighted by atomic mass is 10.1. The van der Waals surface area contributed by atoms with Crippen molar-refractivity contribution in [2.24, 2.45) is 5.73 Å². The first kappa shape index (κ1) is 17.5. The molecule has 0 spiro atoms. The number of rotatable bonds is 5. The summed E-state index contributed by atoms with van der Waals surface area (Å²) in [6.45, 7) is 0. The van der Waals surface area contributed by atoms with Crippen molar-refractivity contribution in [2.45, 2.75) is 12.8 Å². The summed E-state index contributed by atoms with van der Waals surface area (Å²) < 4.78 is 41.8. The topological polar surface area (TPSA) is 83.0 Å². The summed E-state index contributed by atoms with van der Waals surface area (Å²) in [5.74, 6) is -0.295. The molecule has 0 saturated carbocycles. The molecule has 1 amide bonds. The first-order valence-electron chi connectivity index (χ1n) is 7.46. The average molecular weight is 362 g/mol. The molecule has 0 radical (unpaired) electrons. The summed E-state index contributed by atoms with van der Waals surface area (Å²) in [4.78, 5) is 15.1. The number of aromatic nitrogens is 3. The molecule has 26 heavy (non-hydrogen) atoms. The zero-order chi connectivity index (χ0) is 18.7. The van der Waals surface area contributed by atoms with Crippen LogP contribution in [0.15, 0.2) is 54.9 Å². The highest BCUT2D eigenvalue weighted by Crippen LogP contribution is 2.24. The number of hydrogen-bond acceptors (Lipinski definition) is 4. The SMILES string of the molecule is NC(=O)Cc1ccc(-c2ncn(-c3ccc(OC(F)(F)F)cc3)n2)cc1. The summed E-state index contributed by atoms with van der Waals surface area (Å²) in [5, 5.41) is 4.30. The van der Waals surface area contributed by atoms with E-state index < -0.39 is 12.3 Å². The summed E-state index contributed by atoms with van der Waals surface area (Å²) in [5.41, 5.74) is 7.19. The molecule has 0 aliphatic carbocycles. The predicted octanol–water partition coefficient (Wildman–Crippen LogP) is 2.86. The van der Waals surface area contributed by atoms with Gasteiger partial charge in [0.1, 0.15) is 12.1 Å². The number of primary amides is 1. The Bertz CT molecular complexity index is 903. The second-order valence-corrected chi connectivity index (χ2v) is 5.39. The van der Waals surface area contributed by atoms with Crippen LogP contribution in [0.4, 0.5) is 13.2 Å². The fourth-order valence-corrected chi connectivity index (χ4v) is 2.29. The minimum Gasteiger partial charge on any atom is -0.406 e. The molecule has 0 aliphatic heterocycles. The summed E-state index contributed by atoms with van der Waals surface area (Å²) in [7, 11) is 0. The van der Waals surface area contributed by atoms with Crippen LogP contribution in [0.1, 0.15) is 5.56 Å². The number of hydrogen-bond donors (Lipinski definition) is 1. The zero-order valence-corrected chi connectivity index (χ0v) is 13.3. The van der Waals surface area contributed by atoms with Crippen molar-refractivity contribution in [1.29, 1.82) is 0 Å². The van der Waals surface area contributed by atoms with Gasteiger partial charge < -0.3 is 10.5 Å². The normalized spacial score (nSPS) is 11.3. The second-order valence-electron chi connectivity index (χ2n) is 5.39. The monoisotopic (exact) mass is 362 g/mol.